The molecule has 9 heteroatoms. The van der Waals surface area contributed by atoms with E-state index in [1.807, 2.05) is 0 Å². The number of carboxylic acid groups (broad SMARTS) is 1. The highest BCUT2D eigenvalue weighted by molar-refractivity contribution is 5.79. The van der Waals surface area contributed by atoms with E-state index in [1.54, 1.807) is 20.8 Å². The zero-order valence-corrected chi connectivity index (χ0v) is 13.6. The first kappa shape index (κ1) is 20.7. The predicted molar refractivity (Wildman–Crippen MR) is 80.1 cm³/mol. The average molecular weight is 332 g/mol. The van der Waals surface area contributed by atoms with Crippen molar-refractivity contribution < 1.29 is 34.2 Å². The van der Waals surface area contributed by atoms with Crippen molar-refractivity contribution in [2.24, 2.45) is 0 Å². The fourth-order valence-corrected chi connectivity index (χ4v) is 1.43. The van der Waals surface area contributed by atoms with Gasteiger partial charge in [0.15, 0.2) is 0 Å². The molecule has 0 radical (unpaired) electrons. The van der Waals surface area contributed by atoms with Gasteiger partial charge in [-0.3, -0.25) is 5.21 Å². The van der Waals surface area contributed by atoms with Gasteiger partial charge in [0.25, 0.3) is 0 Å². The summed E-state index contributed by atoms with van der Waals surface area (Å²) in [5, 5.41) is 21.1. The molecule has 0 aliphatic heterocycles. The van der Waals surface area contributed by atoms with Crippen LogP contribution in [0.2, 0.25) is 0 Å². The third-order valence-electron chi connectivity index (χ3n) is 2.39. The SMILES string of the molecule is C=CCOC(=O)N[C@@H](CCCN(O)C(=O)OC(C)(C)C)C(=O)O. The monoisotopic (exact) mass is 332 g/mol. The zero-order valence-electron chi connectivity index (χ0n) is 13.6. The Bertz CT molecular complexity index is 431. The second-order valence-electron chi connectivity index (χ2n) is 5.67. The maximum atomic E-state index is 11.5. The van der Waals surface area contributed by atoms with Gasteiger partial charge in [-0.15, -0.1) is 0 Å². The van der Waals surface area contributed by atoms with Crippen LogP contribution >= 0.6 is 0 Å². The first-order chi connectivity index (χ1) is 10.6. The molecule has 132 valence electrons. The maximum Gasteiger partial charge on any atom is 0.434 e. The van der Waals surface area contributed by atoms with Crippen LogP contribution < -0.4 is 5.32 Å². The molecule has 0 saturated heterocycles. The molecule has 0 bridgehead atoms. The lowest BCUT2D eigenvalue weighted by atomic mass is 10.1. The molecule has 0 aromatic rings. The summed E-state index contributed by atoms with van der Waals surface area (Å²) in [4.78, 5) is 33.9. The third-order valence-corrected chi connectivity index (χ3v) is 2.39. The van der Waals surface area contributed by atoms with Crippen molar-refractivity contribution >= 4 is 18.2 Å². The molecule has 3 N–H and O–H groups in total. The highest BCUT2D eigenvalue weighted by Crippen LogP contribution is 2.09. The Morgan fingerprint density at radius 3 is 2.43 bits per heavy atom. The van der Waals surface area contributed by atoms with E-state index in [2.05, 4.69) is 16.6 Å². The molecule has 0 saturated carbocycles. The molecule has 23 heavy (non-hydrogen) atoms. The molecule has 0 fully saturated rings. The van der Waals surface area contributed by atoms with E-state index in [4.69, 9.17) is 9.84 Å². The summed E-state index contributed by atoms with van der Waals surface area (Å²) in [6.07, 6.45) is -0.333. The summed E-state index contributed by atoms with van der Waals surface area (Å²) in [5.41, 5.74) is -0.752. The van der Waals surface area contributed by atoms with Crippen LogP contribution in [0.25, 0.3) is 0 Å². The number of amides is 2. The van der Waals surface area contributed by atoms with Crippen molar-refractivity contribution in [3.05, 3.63) is 12.7 Å². The quantitative estimate of drug-likeness (QED) is 0.351. The van der Waals surface area contributed by atoms with E-state index in [1.165, 1.54) is 6.08 Å². The molecule has 0 aliphatic rings. The first-order valence-electron chi connectivity index (χ1n) is 7.03. The molecule has 0 aromatic carbocycles. The standard InChI is InChI=1S/C14H24N2O7/c1-5-9-22-12(19)15-10(11(17)18)7-6-8-16(21)13(20)23-14(2,3)4/h5,10,21H,1,6-9H2,2-4H3,(H,15,19)(H,17,18)/t10-/m0/s1. The largest absolute Gasteiger partial charge is 0.480 e. The second kappa shape index (κ2) is 9.67. The van der Waals surface area contributed by atoms with Gasteiger partial charge in [0.05, 0.1) is 6.54 Å². The third kappa shape index (κ3) is 10.1. The molecule has 0 heterocycles. The fourth-order valence-electron chi connectivity index (χ4n) is 1.43. The number of nitrogens with zero attached hydrogens (tertiary/aromatic N) is 1. The van der Waals surface area contributed by atoms with Crippen LogP contribution in [0, 0.1) is 0 Å². The Morgan fingerprint density at radius 1 is 1.35 bits per heavy atom. The molecule has 2 amide bonds. The Balaban J connectivity index is 4.27. The van der Waals surface area contributed by atoms with Crippen LogP contribution in [0.5, 0.6) is 0 Å². The summed E-state index contributed by atoms with van der Waals surface area (Å²) >= 11 is 0. The summed E-state index contributed by atoms with van der Waals surface area (Å²) in [6.45, 7) is 8.13. The number of carbonyl (C=O) groups excluding carboxylic acids is 2. The lowest BCUT2D eigenvalue weighted by Crippen LogP contribution is -2.42. The number of hydroxylamine groups is 2. The number of alkyl carbamates (subject to hydrolysis) is 1. The van der Waals surface area contributed by atoms with Crippen molar-refractivity contribution in [3.63, 3.8) is 0 Å². The molecule has 0 aliphatic carbocycles. The minimum absolute atomic E-state index is 0.00161. The lowest BCUT2D eigenvalue weighted by molar-refractivity contribution is -0.139. The number of carboxylic acids is 1. The Hall–Kier alpha value is -2.29. The highest BCUT2D eigenvalue weighted by atomic mass is 16.6. The Labute approximate surface area is 134 Å². The molecule has 0 spiro atoms. The van der Waals surface area contributed by atoms with Gasteiger partial charge in [-0.05, 0) is 33.6 Å². The van der Waals surface area contributed by atoms with Gasteiger partial charge < -0.3 is 19.9 Å². The van der Waals surface area contributed by atoms with Gasteiger partial charge in [-0.2, -0.15) is 5.06 Å². The number of hydrogen-bond donors (Lipinski definition) is 3. The molecule has 9 nitrogen and oxygen atoms in total. The van der Waals surface area contributed by atoms with E-state index in [0.29, 0.717) is 5.06 Å². The Morgan fingerprint density at radius 2 is 1.96 bits per heavy atom. The van der Waals surface area contributed by atoms with E-state index >= 15 is 0 Å². The van der Waals surface area contributed by atoms with E-state index in [-0.39, 0.29) is 26.0 Å². The van der Waals surface area contributed by atoms with E-state index < -0.39 is 29.8 Å². The molecule has 0 unspecified atom stereocenters. The van der Waals surface area contributed by atoms with Crippen molar-refractivity contribution in [1.82, 2.24) is 10.4 Å². The number of carbonyl (C=O) groups is 3. The van der Waals surface area contributed by atoms with Crippen molar-refractivity contribution in [2.75, 3.05) is 13.2 Å². The van der Waals surface area contributed by atoms with Gasteiger partial charge in [0.2, 0.25) is 0 Å². The smallest absolute Gasteiger partial charge is 0.434 e. The zero-order chi connectivity index (χ0) is 18.0. The fraction of sp³-hybridized carbons (Fsp3) is 0.643. The van der Waals surface area contributed by atoms with Gasteiger partial charge in [0, 0.05) is 0 Å². The minimum atomic E-state index is -1.25. The summed E-state index contributed by atoms with van der Waals surface area (Å²) in [6, 6.07) is -1.20. The van der Waals surface area contributed by atoms with Gasteiger partial charge in [0.1, 0.15) is 18.2 Å². The van der Waals surface area contributed by atoms with E-state index in [9.17, 15) is 19.6 Å². The lowest BCUT2D eigenvalue weighted by Gasteiger charge is -2.23. The number of ether oxygens (including phenoxy) is 2. The first-order valence-corrected chi connectivity index (χ1v) is 7.03. The molecular weight excluding hydrogens is 308 g/mol. The Kier molecular flexibility index (Phi) is 8.71. The number of hydrogen-bond acceptors (Lipinski definition) is 6. The molecule has 0 aromatic heterocycles. The predicted octanol–water partition coefficient (Wildman–Crippen LogP) is 1.76. The van der Waals surface area contributed by atoms with E-state index in [0.717, 1.165) is 0 Å². The van der Waals surface area contributed by atoms with Crippen LogP contribution in [0.15, 0.2) is 12.7 Å². The minimum Gasteiger partial charge on any atom is -0.480 e. The molecule has 1 atom stereocenters. The summed E-state index contributed by atoms with van der Waals surface area (Å²) in [7, 11) is 0. The van der Waals surface area contributed by atoms with Crippen LogP contribution in [-0.4, -0.2) is 58.3 Å². The second-order valence-corrected chi connectivity index (χ2v) is 5.67. The summed E-state index contributed by atoms with van der Waals surface area (Å²) < 4.78 is 9.56. The van der Waals surface area contributed by atoms with Crippen LogP contribution in [-0.2, 0) is 14.3 Å². The van der Waals surface area contributed by atoms with Crippen molar-refractivity contribution in [3.8, 4) is 0 Å². The average Bonchev–Trinajstić information content (AvgIpc) is 2.41. The van der Waals surface area contributed by atoms with Gasteiger partial charge in [-0.25, -0.2) is 14.4 Å². The van der Waals surface area contributed by atoms with Crippen molar-refractivity contribution in [2.45, 2.75) is 45.3 Å². The number of nitrogens with one attached hydrogen (secondary N) is 1. The van der Waals surface area contributed by atoms with Gasteiger partial charge >= 0.3 is 18.2 Å². The molecular formula is C14H24N2O7. The van der Waals surface area contributed by atoms with Crippen LogP contribution in [0.4, 0.5) is 9.59 Å². The topological polar surface area (TPSA) is 125 Å². The van der Waals surface area contributed by atoms with Crippen molar-refractivity contribution in [1.29, 1.82) is 0 Å². The summed E-state index contributed by atoms with van der Waals surface area (Å²) in [5.74, 6) is -1.25. The highest BCUT2D eigenvalue weighted by Gasteiger charge is 2.23. The van der Waals surface area contributed by atoms with Crippen LogP contribution in [0.1, 0.15) is 33.6 Å². The maximum absolute atomic E-state index is 11.5. The number of aliphatic carboxylic acids is 1. The van der Waals surface area contributed by atoms with Gasteiger partial charge in [-0.1, -0.05) is 12.7 Å². The number of rotatable bonds is 8. The normalized spacial score (nSPS) is 12.0. The van der Waals surface area contributed by atoms with Crippen LogP contribution in [0.3, 0.4) is 0 Å². The molecule has 0 rings (SSSR count).